The van der Waals surface area contributed by atoms with E-state index in [2.05, 4.69) is 34.5 Å². The molecule has 0 radical (unpaired) electrons. The average molecular weight is 357 g/mol. The second-order valence-electron chi connectivity index (χ2n) is 6.51. The molecular formula is C21H25ClN2O. The number of nitrogens with one attached hydrogen (secondary N) is 1. The lowest BCUT2D eigenvalue weighted by Gasteiger charge is -2.31. The topological polar surface area (TPSA) is 32.3 Å². The van der Waals surface area contributed by atoms with Crippen molar-refractivity contribution in [2.75, 3.05) is 24.5 Å². The van der Waals surface area contributed by atoms with Gasteiger partial charge < -0.3 is 10.2 Å². The SMILES string of the molecule is O=C(CCc1ccccc1Cl)NCCCN1CCCc2ccccc21. The van der Waals surface area contributed by atoms with Crippen molar-refractivity contribution in [2.45, 2.75) is 32.1 Å². The standard InChI is InChI=1S/C21H25ClN2O/c22-19-10-3-1-7-17(19)12-13-21(25)23-14-6-16-24-15-5-9-18-8-2-4-11-20(18)24/h1-4,7-8,10-11H,5-6,9,12-16H2,(H,23,25). The fourth-order valence-corrected chi connectivity index (χ4v) is 3.61. The van der Waals surface area contributed by atoms with Crippen LogP contribution in [0.2, 0.25) is 5.02 Å². The second-order valence-corrected chi connectivity index (χ2v) is 6.92. The van der Waals surface area contributed by atoms with E-state index in [4.69, 9.17) is 11.6 Å². The number of anilines is 1. The van der Waals surface area contributed by atoms with Crippen LogP contribution in [0.3, 0.4) is 0 Å². The molecule has 2 aromatic rings. The molecule has 0 fully saturated rings. The molecule has 4 heteroatoms. The van der Waals surface area contributed by atoms with E-state index in [0.29, 0.717) is 12.8 Å². The monoisotopic (exact) mass is 356 g/mol. The minimum Gasteiger partial charge on any atom is -0.371 e. The molecule has 2 aromatic carbocycles. The van der Waals surface area contributed by atoms with Gasteiger partial charge in [0.1, 0.15) is 0 Å². The lowest BCUT2D eigenvalue weighted by Crippen LogP contribution is -2.33. The Kier molecular flexibility index (Phi) is 6.35. The zero-order chi connectivity index (χ0) is 17.5. The minimum atomic E-state index is 0.0963. The number of nitrogens with zero attached hydrogens (tertiary/aromatic N) is 1. The Labute approximate surface area is 155 Å². The van der Waals surface area contributed by atoms with E-state index in [1.54, 1.807) is 0 Å². The van der Waals surface area contributed by atoms with Gasteiger partial charge in [-0.15, -0.1) is 0 Å². The van der Waals surface area contributed by atoms with Crippen molar-refractivity contribution in [3.63, 3.8) is 0 Å². The van der Waals surface area contributed by atoms with E-state index in [0.717, 1.165) is 36.6 Å². The molecule has 0 aromatic heterocycles. The normalized spacial score (nSPS) is 13.4. The Morgan fingerprint density at radius 3 is 2.80 bits per heavy atom. The predicted molar refractivity (Wildman–Crippen MR) is 104 cm³/mol. The number of para-hydroxylation sites is 1. The van der Waals surface area contributed by atoms with Crippen molar-refractivity contribution in [3.05, 3.63) is 64.7 Å². The molecule has 1 aliphatic heterocycles. The van der Waals surface area contributed by atoms with Gasteiger partial charge in [-0.25, -0.2) is 0 Å². The molecule has 132 valence electrons. The smallest absolute Gasteiger partial charge is 0.220 e. The molecule has 0 unspecified atom stereocenters. The molecule has 0 spiro atoms. The number of fused-ring (bicyclic) bond motifs is 1. The number of hydrogen-bond donors (Lipinski definition) is 1. The van der Waals surface area contributed by atoms with Crippen LogP contribution in [-0.4, -0.2) is 25.5 Å². The van der Waals surface area contributed by atoms with Crippen LogP contribution >= 0.6 is 11.6 Å². The third-order valence-electron chi connectivity index (χ3n) is 4.71. The average Bonchev–Trinajstić information content (AvgIpc) is 2.64. The van der Waals surface area contributed by atoms with Crippen molar-refractivity contribution < 1.29 is 4.79 Å². The minimum absolute atomic E-state index is 0.0963. The summed E-state index contributed by atoms with van der Waals surface area (Å²) in [5.74, 6) is 0.0963. The molecule has 1 N–H and O–H groups in total. The Balaban J connectivity index is 1.38. The van der Waals surface area contributed by atoms with Gasteiger partial charge in [-0.2, -0.15) is 0 Å². The van der Waals surface area contributed by atoms with Crippen LogP contribution in [0, 0.1) is 0 Å². The van der Waals surface area contributed by atoms with Gasteiger partial charge in [-0.3, -0.25) is 4.79 Å². The number of carbonyl (C=O) groups excluding carboxylic acids is 1. The first kappa shape index (κ1) is 17.8. The summed E-state index contributed by atoms with van der Waals surface area (Å²) in [5.41, 5.74) is 3.83. The highest BCUT2D eigenvalue weighted by atomic mass is 35.5. The van der Waals surface area contributed by atoms with Crippen LogP contribution in [0.25, 0.3) is 0 Å². The summed E-state index contributed by atoms with van der Waals surface area (Å²) < 4.78 is 0. The van der Waals surface area contributed by atoms with Crippen molar-refractivity contribution in [1.29, 1.82) is 0 Å². The van der Waals surface area contributed by atoms with Gasteiger partial charge in [0, 0.05) is 36.8 Å². The Bertz CT molecular complexity index is 717. The number of halogens is 1. The zero-order valence-corrected chi connectivity index (χ0v) is 15.3. The van der Waals surface area contributed by atoms with Gasteiger partial charge in [0.15, 0.2) is 0 Å². The number of carbonyl (C=O) groups is 1. The van der Waals surface area contributed by atoms with Gasteiger partial charge in [-0.1, -0.05) is 48.0 Å². The molecule has 0 aliphatic carbocycles. The number of amides is 1. The first-order chi connectivity index (χ1) is 12.2. The molecule has 3 nitrogen and oxygen atoms in total. The maximum Gasteiger partial charge on any atom is 0.220 e. The molecule has 25 heavy (non-hydrogen) atoms. The third kappa shape index (κ3) is 4.99. The quantitative estimate of drug-likeness (QED) is 0.753. The van der Waals surface area contributed by atoms with Crippen LogP contribution in [0.1, 0.15) is 30.4 Å². The summed E-state index contributed by atoms with van der Waals surface area (Å²) in [6.45, 7) is 2.82. The number of hydrogen-bond acceptors (Lipinski definition) is 2. The first-order valence-electron chi connectivity index (χ1n) is 9.07. The summed E-state index contributed by atoms with van der Waals surface area (Å²) in [7, 11) is 0. The zero-order valence-electron chi connectivity index (χ0n) is 14.5. The summed E-state index contributed by atoms with van der Waals surface area (Å²) in [6, 6.07) is 16.3. The Hall–Kier alpha value is -2.00. The van der Waals surface area contributed by atoms with Crippen molar-refractivity contribution >= 4 is 23.2 Å². The maximum absolute atomic E-state index is 12.0. The largest absolute Gasteiger partial charge is 0.371 e. The lowest BCUT2D eigenvalue weighted by atomic mass is 10.0. The van der Waals surface area contributed by atoms with Gasteiger partial charge in [0.05, 0.1) is 0 Å². The summed E-state index contributed by atoms with van der Waals surface area (Å²) in [5, 5.41) is 3.76. The van der Waals surface area contributed by atoms with Crippen LogP contribution in [0.4, 0.5) is 5.69 Å². The Morgan fingerprint density at radius 2 is 1.92 bits per heavy atom. The summed E-state index contributed by atoms with van der Waals surface area (Å²) in [6.07, 6.45) is 4.51. The second kappa shape index (κ2) is 8.91. The number of benzene rings is 2. The first-order valence-corrected chi connectivity index (χ1v) is 9.45. The number of aryl methyl sites for hydroxylation is 2. The molecule has 1 amide bonds. The highest BCUT2D eigenvalue weighted by Gasteiger charge is 2.15. The molecule has 0 saturated carbocycles. The van der Waals surface area contributed by atoms with Crippen LogP contribution in [-0.2, 0) is 17.6 Å². The van der Waals surface area contributed by atoms with E-state index < -0.39 is 0 Å². The highest BCUT2D eigenvalue weighted by Crippen LogP contribution is 2.26. The van der Waals surface area contributed by atoms with E-state index in [-0.39, 0.29) is 5.91 Å². The van der Waals surface area contributed by atoms with Crippen LogP contribution < -0.4 is 10.2 Å². The van der Waals surface area contributed by atoms with E-state index in [9.17, 15) is 4.79 Å². The van der Waals surface area contributed by atoms with Crippen molar-refractivity contribution in [2.24, 2.45) is 0 Å². The highest BCUT2D eigenvalue weighted by molar-refractivity contribution is 6.31. The van der Waals surface area contributed by atoms with Gasteiger partial charge >= 0.3 is 0 Å². The van der Waals surface area contributed by atoms with Gasteiger partial charge in [-0.05, 0) is 48.9 Å². The molecule has 1 aliphatic rings. The maximum atomic E-state index is 12.0. The summed E-state index contributed by atoms with van der Waals surface area (Å²) >= 11 is 6.12. The molecule has 1 heterocycles. The van der Waals surface area contributed by atoms with E-state index >= 15 is 0 Å². The molecule has 0 atom stereocenters. The molecule has 0 saturated heterocycles. The van der Waals surface area contributed by atoms with Crippen LogP contribution in [0.15, 0.2) is 48.5 Å². The summed E-state index contributed by atoms with van der Waals surface area (Å²) in [4.78, 5) is 14.4. The van der Waals surface area contributed by atoms with Crippen LogP contribution in [0.5, 0.6) is 0 Å². The van der Waals surface area contributed by atoms with Crippen molar-refractivity contribution in [3.8, 4) is 0 Å². The third-order valence-corrected chi connectivity index (χ3v) is 5.08. The molecule has 3 rings (SSSR count). The molecular weight excluding hydrogens is 332 g/mol. The Morgan fingerprint density at radius 1 is 1.12 bits per heavy atom. The number of rotatable bonds is 7. The van der Waals surface area contributed by atoms with Gasteiger partial charge in [0.25, 0.3) is 0 Å². The predicted octanol–water partition coefficient (Wildman–Crippen LogP) is 4.23. The lowest BCUT2D eigenvalue weighted by molar-refractivity contribution is -0.121. The van der Waals surface area contributed by atoms with Crippen molar-refractivity contribution in [1.82, 2.24) is 5.32 Å². The molecule has 0 bridgehead atoms. The van der Waals surface area contributed by atoms with E-state index in [1.807, 2.05) is 24.3 Å². The van der Waals surface area contributed by atoms with E-state index in [1.165, 1.54) is 24.1 Å². The van der Waals surface area contributed by atoms with Gasteiger partial charge in [0.2, 0.25) is 5.91 Å². The fourth-order valence-electron chi connectivity index (χ4n) is 3.38. The fraction of sp³-hybridized carbons (Fsp3) is 0.381.